The topological polar surface area (TPSA) is 69.7 Å². The Morgan fingerprint density at radius 2 is 1.70 bits per heavy atom. The second-order valence-corrected chi connectivity index (χ2v) is 10.5. The first kappa shape index (κ1) is 20.6. The highest BCUT2D eigenvalue weighted by atomic mass is 35.5. The molecule has 0 bridgehead atoms. The van der Waals surface area contributed by atoms with Crippen LogP contribution in [0.15, 0.2) is 40.6 Å². The molecule has 1 unspecified atom stereocenters. The molecule has 2 heterocycles. The van der Waals surface area contributed by atoms with E-state index in [1.165, 1.54) is 10.4 Å². The van der Waals surface area contributed by atoms with Crippen LogP contribution in [-0.4, -0.2) is 55.8 Å². The number of nitrogens with one attached hydrogen (secondary N) is 1. The van der Waals surface area contributed by atoms with Gasteiger partial charge in [-0.1, -0.05) is 23.2 Å². The maximum absolute atomic E-state index is 12.6. The molecule has 1 aliphatic rings. The van der Waals surface area contributed by atoms with Gasteiger partial charge >= 0.3 is 0 Å². The van der Waals surface area contributed by atoms with Crippen molar-refractivity contribution in [3.63, 3.8) is 0 Å². The van der Waals surface area contributed by atoms with Crippen LogP contribution >= 0.6 is 34.5 Å². The number of rotatable bonds is 5. The van der Waals surface area contributed by atoms with Crippen molar-refractivity contribution in [2.24, 2.45) is 0 Å². The monoisotopic (exact) mass is 447 g/mol. The first-order chi connectivity index (χ1) is 12.8. The summed E-state index contributed by atoms with van der Waals surface area (Å²) in [4.78, 5) is 14.4. The molecule has 0 radical (unpaired) electrons. The van der Waals surface area contributed by atoms with E-state index in [0.29, 0.717) is 41.2 Å². The maximum atomic E-state index is 12.6. The zero-order valence-electron chi connectivity index (χ0n) is 14.6. The molecule has 0 aliphatic carbocycles. The van der Waals surface area contributed by atoms with Gasteiger partial charge in [0.25, 0.3) is 10.0 Å². The molecule has 1 amide bonds. The van der Waals surface area contributed by atoms with Gasteiger partial charge in [-0.15, -0.1) is 11.3 Å². The van der Waals surface area contributed by atoms with Gasteiger partial charge in [0.2, 0.25) is 5.91 Å². The Bertz CT molecular complexity index is 908. The third kappa shape index (κ3) is 4.82. The normalized spacial score (nSPS) is 17.6. The van der Waals surface area contributed by atoms with Gasteiger partial charge in [0.15, 0.2) is 0 Å². The minimum Gasteiger partial charge on any atom is -0.325 e. The molecule has 1 N–H and O–H groups in total. The fourth-order valence-electron chi connectivity index (χ4n) is 2.84. The van der Waals surface area contributed by atoms with Gasteiger partial charge in [0.05, 0.1) is 10.4 Å². The molecular weight excluding hydrogens is 429 g/mol. The van der Waals surface area contributed by atoms with Crippen molar-refractivity contribution in [3.05, 3.63) is 45.8 Å². The average molecular weight is 448 g/mol. The molecule has 10 heteroatoms. The summed E-state index contributed by atoms with van der Waals surface area (Å²) in [7, 11) is -3.54. The van der Waals surface area contributed by atoms with Gasteiger partial charge in [-0.05, 0) is 43.3 Å². The van der Waals surface area contributed by atoms with E-state index in [2.05, 4.69) is 5.32 Å². The third-order valence-electron chi connectivity index (χ3n) is 4.45. The minimum atomic E-state index is -3.54. The highest BCUT2D eigenvalue weighted by Crippen LogP contribution is 2.28. The fraction of sp³-hybridized carbons (Fsp3) is 0.353. The smallest absolute Gasteiger partial charge is 0.252 e. The number of halogens is 2. The second kappa shape index (κ2) is 8.46. The lowest BCUT2D eigenvalue weighted by atomic mass is 10.2. The highest BCUT2D eigenvalue weighted by molar-refractivity contribution is 7.91. The van der Waals surface area contributed by atoms with Crippen LogP contribution in [-0.2, 0) is 14.8 Å². The predicted octanol–water partition coefficient (Wildman–Crippen LogP) is 3.39. The van der Waals surface area contributed by atoms with Crippen molar-refractivity contribution in [3.8, 4) is 0 Å². The number of piperazine rings is 1. The van der Waals surface area contributed by atoms with Crippen LogP contribution in [0.1, 0.15) is 6.92 Å². The zero-order valence-corrected chi connectivity index (χ0v) is 17.7. The minimum absolute atomic E-state index is 0.140. The number of carbonyl (C=O) groups is 1. The van der Waals surface area contributed by atoms with Crippen LogP contribution in [0, 0.1) is 0 Å². The van der Waals surface area contributed by atoms with E-state index in [9.17, 15) is 13.2 Å². The van der Waals surface area contributed by atoms with E-state index >= 15 is 0 Å². The lowest BCUT2D eigenvalue weighted by molar-refractivity contribution is -0.121. The summed E-state index contributed by atoms with van der Waals surface area (Å²) >= 11 is 12.8. The van der Waals surface area contributed by atoms with Crippen molar-refractivity contribution in [1.29, 1.82) is 0 Å². The van der Waals surface area contributed by atoms with E-state index < -0.39 is 10.0 Å². The Balaban J connectivity index is 1.58. The quantitative estimate of drug-likeness (QED) is 0.762. The summed E-state index contributed by atoms with van der Waals surface area (Å²) in [6.07, 6.45) is 0. The Morgan fingerprint density at radius 3 is 2.26 bits per heavy atom. The first-order valence-electron chi connectivity index (χ1n) is 8.33. The summed E-state index contributed by atoms with van der Waals surface area (Å²) in [5.41, 5.74) is 0.673. The van der Waals surface area contributed by atoms with Gasteiger partial charge in [0, 0.05) is 36.9 Å². The van der Waals surface area contributed by atoms with Gasteiger partial charge < -0.3 is 5.32 Å². The van der Waals surface area contributed by atoms with Gasteiger partial charge in [-0.25, -0.2) is 8.42 Å². The second-order valence-electron chi connectivity index (χ2n) is 6.17. The highest BCUT2D eigenvalue weighted by Gasteiger charge is 2.32. The Labute approximate surface area is 172 Å². The van der Waals surface area contributed by atoms with Gasteiger partial charge in [-0.2, -0.15) is 4.31 Å². The summed E-state index contributed by atoms with van der Waals surface area (Å²) in [6, 6.07) is 9.63. The molecule has 1 atom stereocenters. The zero-order chi connectivity index (χ0) is 19.6. The summed E-state index contributed by atoms with van der Waals surface area (Å²) in [5, 5.41) is 3.45. The molecule has 1 aromatic carbocycles. The Kier molecular flexibility index (Phi) is 6.45. The number of amides is 1. The number of thiophene rings is 1. The van der Waals surface area contributed by atoms with Crippen molar-refractivity contribution >= 4 is 56.2 Å². The molecular formula is C17H19Cl2N3O3S2. The van der Waals surface area contributed by atoms with E-state index in [0.717, 1.165) is 11.3 Å². The first-order valence-corrected chi connectivity index (χ1v) is 11.3. The summed E-state index contributed by atoms with van der Waals surface area (Å²) in [6.45, 7) is 3.43. The molecule has 2 aromatic rings. The number of anilines is 1. The molecule has 27 heavy (non-hydrogen) atoms. The molecule has 146 valence electrons. The summed E-state index contributed by atoms with van der Waals surface area (Å²) < 4.78 is 27.4. The van der Waals surface area contributed by atoms with Crippen LogP contribution in [0.5, 0.6) is 0 Å². The molecule has 1 saturated heterocycles. The van der Waals surface area contributed by atoms with Gasteiger partial charge in [0.1, 0.15) is 4.21 Å². The molecule has 0 spiro atoms. The standard InChI is InChI=1S/C17H19Cl2N3O3S2/c1-12(17(23)20-14-4-2-13(18)3-5-14)21-8-10-22(11-9-21)27(24,25)16-7-6-15(19)26-16/h2-7,12H,8-11H2,1H3,(H,20,23). The SMILES string of the molecule is CC(C(=O)Nc1ccc(Cl)cc1)N1CCN(S(=O)(=O)c2ccc(Cl)s2)CC1. The number of sulfonamides is 1. The number of hydrogen-bond donors (Lipinski definition) is 1. The maximum Gasteiger partial charge on any atom is 0.252 e. The summed E-state index contributed by atoms with van der Waals surface area (Å²) in [5.74, 6) is -0.140. The van der Waals surface area contributed by atoms with Crippen LogP contribution in [0.2, 0.25) is 9.36 Å². The average Bonchev–Trinajstić information content (AvgIpc) is 3.10. The number of benzene rings is 1. The lowest BCUT2D eigenvalue weighted by Crippen LogP contribution is -2.53. The molecule has 0 saturated carbocycles. The van der Waals surface area contributed by atoms with E-state index in [-0.39, 0.29) is 16.2 Å². The van der Waals surface area contributed by atoms with Crippen molar-refractivity contribution in [1.82, 2.24) is 9.21 Å². The van der Waals surface area contributed by atoms with E-state index in [1.54, 1.807) is 30.3 Å². The van der Waals surface area contributed by atoms with Gasteiger partial charge in [-0.3, -0.25) is 9.69 Å². The lowest BCUT2D eigenvalue weighted by Gasteiger charge is -2.36. The van der Waals surface area contributed by atoms with E-state index in [1.807, 2.05) is 11.8 Å². The molecule has 1 aromatic heterocycles. The largest absolute Gasteiger partial charge is 0.325 e. The molecule has 1 aliphatic heterocycles. The van der Waals surface area contributed by atoms with Crippen molar-refractivity contribution in [2.45, 2.75) is 17.2 Å². The van der Waals surface area contributed by atoms with Crippen LogP contribution in [0.25, 0.3) is 0 Å². The number of carbonyl (C=O) groups excluding carboxylic acids is 1. The van der Waals surface area contributed by atoms with Crippen LogP contribution in [0.3, 0.4) is 0 Å². The molecule has 3 rings (SSSR count). The van der Waals surface area contributed by atoms with Crippen LogP contribution < -0.4 is 5.32 Å². The fourth-order valence-corrected chi connectivity index (χ4v) is 6.03. The third-order valence-corrected chi connectivity index (χ3v) is 8.30. The molecule has 6 nitrogen and oxygen atoms in total. The van der Waals surface area contributed by atoms with Crippen molar-refractivity contribution < 1.29 is 13.2 Å². The van der Waals surface area contributed by atoms with Crippen molar-refractivity contribution in [2.75, 3.05) is 31.5 Å². The Morgan fingerprint density at radius 1 is 1.07 bits per heavy atom. The van der Waals surface area contributed by atoms with Crippen LogP contribution in [0.4, 0.5) is 5.69 Å². The predicted molar refractivity (Wildman–Crippen MR) is 109 cm³/mol. The number of hydrogen-bond acceptors (Lipinski definition) is 5. The molecule has 1 fully saturated rings. The Hall–Kier alpha value is -1.16. The van der Waals surface area contributed by atoms with E-state index in [4.69, 9.17) is 23.2 Å². The number of nitrogens with zero attached hydrogens (tertiary/aromatic N) is 2.